The molecule has 0 unspecified atom stereocenters. The van der Waals surface area contributed by atoms with E-state index in [1.54, 1.807) is 0 Å². The smallest absolute Gasteiger partial charge is 0.160 e. The normalized spacial score (nSPS) is 11.7. The van der Waals surface area contributed by atoms with Gasteiger partial charge in [0.15, 0.2) is 5.82 Å². The molecule has 0 aliphatic heterocycles. The number of hydrogen-bond donors (Lipinski definition) is 0. The summed E-state index contributed by atoms with van der Waals surface area (Å²) >= 11 is 1.83. The summed E-state index contributed by atoms with van der Waals surface area (Å²) in [7, 11) is 0. The molecule has 9 rings (SSSR count). The summed E-state index contributed by atoms with van der Waals surface area (Å²) in [5.41, 5.74) is 5.09. The van der Waals surface area contributed by atoms with E-state index in [1.165, 1.54) is 52.5 Å². The topological polar surface area (TPSA) is 25.8 Å². The Labute approximate surface area is 252 Å². The molecule has 2 aromatic heterocycles. The minimum absolute atomic E-state index is 0.728. The summed E-state index contributed by atoms with van der Waals surface area (Å²) in [6, 6.07) is 52.0. The first kappa shape index (κ1) is 24.2. The van der Waals surface area contributed by atoms with Crippen LogP contribution in [0.5, 0.6) is 0 Å². The highest BCUT2D eigenvalue weighted by atomic mass is 32.1. The van der Waals surface area contributed by atoms with Gasteiger partial charge in [-0.2, -0.15) is 0 Å². The van der Waals surface area contributed by atoms with E-state index < -0.39 is 0 Å². The van der Waals surface area contributed by atoms with E-state index in [1.807, 2.05) is 29.5 Å². The summed E-state index contributed by atoms with van der Waals surface area (Å²) in [4.78, 5) is 10.4. The molecule has 0 bridgehead atoms. The first-order chi connectivity index (χ1) is 21.3. The van der Waals surface area contributed by atoms with Crippen LogP contribution >= 0.6 is 11.3 Å². The Morgan fingerprint density at radius 2 is 1.05 bits per heavy atom. The molecule has 0 fully saturated rings. The molecule has 0 saturated heterocycles. The zero-order valence-corrected chi connectivity index (χ0v) is 24.0. The SMILES string of the molecule is c1ccc(-c2nc(-c3ccc4c(c3)sc3ccccc34)cc(-c3c4ccccc4cc4c3ccc3ccccc34)n2)cc1. The minimum Gasteiger partial charge on any atom is -0.228 e. The van der Waals surface area contributed by atoms with Crippen LogP contribution in [0.1, 0.15) is 0 Å². The maximum absolute atomic E-state index is 5.27. The zero-order chi connectivity index (χ0) is 28.3. The monoisotopic (exact) mass is 564 g/mol. The second-order valence-corrected chi connectivity index (χ2v) is 12.1. The lowest BCUT2D eigenvalue weighted by atomic mass is 9.91. The Morgan fingerprint density at radius 3 is 1.93 bits per heavy atom. The molecule has 43 heavy (non-hydrogen) atoms. The van der Waals surface area contributed by atoms with E-state index in [9.17, 15) is 0 Å². The predicted octanol–water partition coefficient (Wildman–Crippen LogP) is 11.3. The number of rotatable bonds is 3. The number of aromatic nitrogens is 2. The van der Waals surface area contributed by atoms with Crippen molar-refractivity contribution in [3.63, 3.8) is 0 Å². The molecule has 0 amide bonds. The highest BCUT2D eigenvalue weighted by Gasteiger charge is 2.17. The first-order valence-electron chi connectivity index (χ1n) is 14.5. The Bertz CT molecular complexity index is 2510. The molecule has 200 valence electrons. The van der Waals surface area contributed by atoms with Crippen LogP contribution in [0.2, 0.25) is 0 Å². The van der Waals surface area contributed by atoms with Gasteiger partial charge in [-0.05, 0) is 56.6 Å². The van der Waals surface area contributed by atoms with E-state index in [4.69, 9.17) is 9.97 Å². The predicted molar refractivity (Wildman–Crippen MR) is 184 cm³/mol. The van der Waals surface area contributed by atoms with E-state index >= 15 is 0 Å². The van der Waals surface area contributed by atoms with Gasteiger partial charge in [0.2, 0.25) is 0 Å². The van der Waals surface area contributed by atoms with Crippen LogP contribution in [0.25, 0.3) is 86.4 Å². The van der Waals surface area contributed by atoms with Gasteiger partial charge in [0.25, 0.3) is 0 Å². The quantitative estimate of drug-likeness (QED) is 0.158. The number of thiophene rings is 1. The van der Waals surface area contributed by atoms with Crippen molar-refractivity contribution in [3.05, 3.63) is 146 Å². The molecule has 3 heteroatoms. The third-order valence-electron chi connectivity index (χ3n) is 8.46. The Hall–Kier alpha value is -5.38. The van der Waals surface area contributed by atoms with Crippen molar-refractivity contribution < 1.29 is 0 Å². The van der Waals surface area contributed by atoms with Crippen molar-refractivity contribution in [2.45, 2.75) is 0 Å². The second-order valence-electron chi connectivity index (χ2n) is 11.0. The van der Waals surface area contributed by atoms with Crippen LogP contribution < -0.4 is 0 Å². The van der Waals surface area contributed by atoms with Crippen molar-refractivity contribution in [3.8, 4) is 33.9 Å². The fraction of sp³-hybridized carbons (Fsp3) is 0. The largest absolute Gasteiger partial charge is 0.228 e. The van der Waals surface area contributed by atoms with Gasteiger partial charge in [-0.15, -0.1) is 11.3 Å². The van der Waals surface area contributed by atoms with Crippen molar-refractivity contribution >= 4 is 63.8 Å². The molecule has 2 heterocycles. The first-order valence-corrected chi connectivity index (χ1v) is 15.3. The van der Waals surface area contributed by atoms with Gasteiger partial charge in [-0.3, -0.25) is 0 Å². The van der Waals surface area contributed by atoms with E-state index in [-0.39, 0.29) is 0 Å². The molecule has 2 nitrogen and oxygen atoms in total. The zero-order valence-electron chi connectivity index (χ0n) is 23.2. The van der Waals surface area contributed by atoms with E-state index in [0.717, 1.165) is 33.9 Å². The minimum atomic E-state index is 0.728. The summed E-state index contributed by atoms with van der Waals surface area (Å²) in [5.74, 6) is 0.728. The summed E-state index contributed by atoms with van der Waals surface area (Å²) in [6.07, 6.45) is 0. The van der Waals surface area contributed by atoms with Crippen LogP contribution in [0.3, 0.4) is 0 Å². The van der Waals surface area contributed by atoms with Gasteiger partial charge in [0.05, 0.1) is 11.4 Å². The summed E-state index contributed by atoms with van der Waals surface area (Å²) in [5, 5.41) is 9.90. The molecule has 0 spiro atoms. The number of benzene rings is 7. The average molecular weight is 565 g/mol. The number of hydrogen-bond acceptors (Lipinski definition) is 3. The third-order valence-corrected chi connectivity index (χ3v) is 9.59. The number of nitrogens with zero attached hydrogens (tertiary/aromatic N) is 2. The fourth-order valence-electron chi connectivity index (χ4n) is 6.42. The summed E-state index contributed by atoms with van der Waals surface area (Å²) in [6.45, 7) is 0. The van der Waals surface area contributed by atoms with Crippen LogP contribution in [0, 0.1) is 0 Å². The fourth-order valence-corrected chi connectivity index (χ4v) is 7.57. The molecule has 0 atom stereocenters. The molecule has 0 N–H and O–H groups in total. The van der Waals surface area contributed by atoms with Gasteiger partial charge in [0, 0.05) is 36.9 Å². The number of fused-ring (bicyclic) bond motifs is 7. The molecular weight excluding hydrogens is 541 g/mol. The van der Waals surface area contributed by atoms with Gasteiger partial charge in [-0.1, -0.05) is 121 Å². The Kier molecular flexibility index (Phi) is 5.40. The molecule has 0 aliphatic carbocycles. The van der Waals surface area contributed by atoms with Crippen molar-refractivity contribution in [1.29, 1.82) is 0 Å². The molecule has 0 aliphatic rings. The highest BCUT2D eigenvalue weighted by molar-refractivity contribution is 7.25. The van der Waals surface area contributed by atoms with Crippen molar-refractivity contribution in [2.75, 3.05) is 0 Å². The Morgan fingerprint density at radius 1 is 0.372 bits per heavy atom. The second kappa shape index (κ2) is 9.59. The molecule has 0 saturated carbocycles. The lowest BCUT2D eigenvalue weighted by Gasteiger charge is -2.15. The van der Waals surface area contributed by atoms with Crippen molar-refractivity contribution in [2.24, 2.45) is 0 Å². The lowest BCUT2D eigenvalue weighted by Crippen LogP contribution is -1.97. The van der Waals surface area contributed by atoms with Gasteiger partial charge < -0.3 is 0 Å². The average Bonchev–Trinajstić information content (AvgIpc) is 3.45. The van der Waals surface area contributed by atoms with Gasteiger partial charge in [-0.25, -0.2) is 9.97 Å². The van der Waals surface area contributed by atoms with Crippen LogP contribution in [-0.2, 0) is 0 Å². The Balaban J connectivity index is 1.36. The van der Waals surface area contributed by atoms with Gasteiger partial charge >= 0.3 is 0 Å². The molecule has 7 aromatic carbocycles. The van der Waals surface area contributed by atoms with E-state index in [2.05, 4.69) is 127 Å². The maximum atomic E-state index is 5.27. The van der Waals surface area contributed by atoms with Crippen LogP contribution in [-0.4, -0.2) is 9.97 Å². The third kappa shape index (κ3) is 3.93. The lowest BCUT2D eigenvalue weighted by molar-refractivity contribution is 1.19. The molecular formula is C40H24N2S. The molecule has 9 aromatic rings. The van der Waals surface area contributed by atoms with E-state index in [0.29, 0.717) is 0 Å². The highest BCUT2D eigenvalue weighted by Crippen LogP contribution is 2.41. The van der Waals surface area contributed by atoms with Crippen LogP contribution in [0.4, 0.5) is 0 Å². The van der Waals surface area contributed by atoms with Crippen LogP contribution in [0.15, 0.2) is 146 Å². The standard InChI is InChI=1S/C40H24N2S/c1-2-11-26(12-3-1)40-41-35(28-19-20-32-31-16-8-9-17-37(31)43-38(32)23-28)24-36(42-40)39-30-15-7-5-13-27(30)22-34-29-14-6-4-10-25(29)18-21-33(34)39/h1-24H. The molecule has 0 radical (unpaired) electrons. The summed E-state index contributed by atoms with van der Waals surface area (Å²) < 4.78 is 2.57. The van der Waals surface area contributed by atoms with Crippen molar-refractivity contribution in [1.82, 2.24) is 9.97 Å². The maximum Gasteiger partial charge on any atom is 0.160 e. The van der Waals surface area contributed by atoms with Gasteiger partial charge in [0.1, 0.15) is 0 Å².